The molecule has 1 amide bonds. The normalized spacial score (nSPS) is 13.4. The molecule has 0 heterocycles. The van der Waals surface area contributed by atoms with Crippen LogP contribution in [0.5, 0.6) is 0 Å². The first-order valence-electron chi connectivity index (χ1n) is 29.9. The van der Waals surface area contributed by atoms with Crippen molar-refractivity contribution in [3.8, 4) is 0 Å². The van der Waals surface area contributed by atoms with Gasteiger partial charge in [-0.15, -0.1) is 0 Å². The van der Waals surface area contributed by atoms with Gasteiger partial charge in [0.15, 0.2) is 0 Å². The van der Waals surface area contributed by atoms with Crippen molar-refractivity contribution in [2.24, 2.45) is 0 Å². The summed E-state index contributed by atoms with van der Waals surface area (Å²) in [5.74, 6) is -0.487. The molecule has 0 aromatic rings. The van der Waals surface area contributed by atoms with Gasteiger partial charge in [0.2, 0.25) is 5.91 Å². The van der Waals surface area contributed by atoms with Gasteiger partial charge in [-0.3, -0.25) is 9.59 Å². The van der Waals surface area contributed by atoms with Crippen LogP contribution < -0.4 is 5.32 Å². The number of hydrogen-bond acceptors (Lipinski definition) is 5. The number of ether oxygens (including phenoxy) is 1. The van der Waals surface area contributed by atoms with Crippen molar-refractivity contribution in [3.05, 3.63) is 48.6 Å². The summed E-state index contributed by atoms with van der Waals surface area (Å²) in [6, 6.07) is -0.708. The first-order chi connectivity index (χ1) is 33.5. The Labute approximate surface area is 423 Å². The zero-order valence-corrected chi connectivity index (χ0v) is 45.5. The van der Waals surface area contributed by atoms with Crippen LogP contribution in [0.15, 0.2) is 48.6 Å². The first-order valence-corrected chi connectivity index (χ1v) is 29.9. The number of esters is 1. The van der Waals surface area contributed by atoms with Gasteiger partial charge in [0.05, 0.1) is 25.2 Å². The molecule has 3 atom stereocenters. The molecule has 0 aliphatic heterocycles. The molecule has 68 heavy (non-hydrogen) atoms. The molecule has 6 heteroatoms. The summed E-state index contributed by atoms with van der Waals surface area (Å²) >= 11 is 0. The summed E-state index contributed by atoms with van der Waals surface area (Å²) in [6.07, 6.45) is 68.9. The average Bonchev–Trinajstić information content (AvgIpc) is 3.33. The molecule has 0 saturated carbocycles. The van der Waals surface area contributed by atoms with Gasteiger partial charge < -0.3 is 20.3 Å². The molecular formula is C62H115NO5. The van der Waals surface area contributed by atoms with Crippen LogP contribution in [0.2, 0.25) is 0 Å². The van der Waals surface area contributed by atoms with Crippen LogP contribution in [0.1, 0.15) is 310 Å². The molecule has 0 aromatic heterocycles. The number of carbonyl (C=O) groups excluding carboxylic acids is 2. The van der Waals surface area contributed by atoms with Gasteiger partial charge in [-0.2, -0.15) is 0 Å². The Morgan fingerprint density at radius 1 is 0.441 bits per heavy atom. The van der Waals surface area contributed by atoms with Crippen LogP contribution in [0, 0.1) is 0 Å². The highest BCUT2D eigenvalue weighted by Gasteiger charge is 2.24. The Morgan fingerprint density at radius 2 is 0.794 bits per heavy atom. The highest BCUT2D eigenvalue weighted by molar-refractivity contribution is 5.77. The second-order valence-electron chi connectivity index (χ2n) is 20.4. The minimum Gasteiger partial charge on any atom is -0.462 e. The molecular weight excluding hydrogens is 839 g/mol. The van der Waals surface area contributed by atoms with Gasteiger partial charge in [0.1, 0.15) is 6.10 Å². The summed E-state index contributed by atoms with van der Waals surface area (Å²) in [4.78, 5) is 26.3. The number of aliphatic hydroxyl groups excluding tert-OH is 2. The van der Waals surface area contributed by atoms with Crippen molar-refractivity contribution in [1.82, 2.24) is 5.32 Å². The van der Waals surface area contributed by atoms with Crippen molar-refractivity contribution in [2.75, 3.05) is 6.61 Å². The van der Waals surface area contributed by atoms with Crippen LogP contribution in [0.25, 0.3) is 0 Å². The number of unbranched alkanes of at least 4 members (excludes halogenated alkanes) is 35. The van der Waals surface area contributed by atoms with E-state index in [0.29, 0.717) is 19.3 Å². The van der Waals surface area contributed by atoms with Gasteiger partial charge in [0, 0.05) is 6.42 Å². The highest BCUT2D eigenvalue weighted by Crippen LogP contribution is 2.18. The molecule has 0 spiro atoms. The van der Waals surface area contributed by atoms with E-state index in [1.54, 1.807) is 0 Å². The highest BCUT2D eigenvalue weighted by atomic mass is 16.5. The van der Waals surface area contributed by atoms with E-state index in [0.717, 1.165) is 83.5 Å². The summed E-state index contributed by atoms with van der Waals surface area (Å²) in [5, 5.41) is 23.9. The van der Waals surface area contributed by atoms with Crippen LogP contribution in [-0.2, 0) is 14.3 Å². The quantitative estimate of drug-likeness (QED) is 0.0244. The molecule has 0 aliphatic carbocycles. The molecule has 0 aliphatic rings. The van der Waals surface area contributed by atoms with Crippen molar-refractivity contribution in [2.45, 2.75) is 328 Å². The lowest BCUT2D eigenvalue weighted by atomic mass is 10.0. The number of allylic oxidation sites excluding steroid dienone is 8. The molecule has 0 bridgehead atoms. The summed E-state index contributed by atoms with van der Waals surface area (Å²) in [5.41, 5.74) is 0. The van der Waals surface area contributed by atoms with E-state index in [-0.39, 0.29) is 24.9 Å². The molecule has 398 valence electrons. The largest absolute Gasteiger partial charge is 0.462 e. The number of hydrogen-bond donors (Lipinski definition) is 3. The van der Waals surface area contributed by atoms with Crippen molar-refractivity contribution in [1.29, 1.82) is 0 Å². The maximum Gasteiger partial charge on any atom is 0.306 e. The van der Waals surface area contributed by atoms with Crippen LogP contribution >= 0.6 is 0 Å². The molecule has 3 unspecified atom stereocenters. The van der Waals surface area contributed by atoms with Gasteiger partial charge in [-0.05, 0) is 83.5 Å². The fourth-order valence-corrected chi connectivity index (χ4v) is 9.10. The van der Waals surface area contributed by atoms with Crippen molar-refractivity contribution in [3.63, 3.8) is 0 Å². The van der Waals surface area contributed by atoms with E-state index in [4.69, 9.17) is 4.74 Å². The number of aliphatic hydroxyl groups is 2. The van der Waals surface area contributed by atoms with E-state index >= 15 is 0 Å². The van der Waals surface area contributed by atoms with Gasteiger partial charge in [-0.25, -0.2) is 0 Å². The maximum absolute atomic E-state index is 13.3. The second-order valence-corrected chi connectivity index (χ2v) is 20.4. The fourth-order valence-electron chi connectivity index (χ4n) is 9.10. The smallest absolute Gasteiger partial charge is 0.306 e. The summed E-state index contributed by atoms with van der Waals surface area (Å²) in [7, 11) is 0. The van der Waals surface area contributed by atoms with E-state index in [1.165, 1.54) is 180 Å². The minimum atomic E-state index is -0.794. The standard InChI is InChI=1S/C62H115NO5/c1-4-7-10-13-16-19-22-25-28-30-32-34-37-40-43-46-49-52-55-62(67)68-58(53-50-47-44-41-38-35-33-31-29-26-23-20-17-14-11-8-5-2)56-61(66)63-59(57-64)60(65)54-51-48-45-42-39-36-27-24-21-18-15-12-9-6-3/h17,20,26,28-30,32,34,58-60,64-65H,4-16,18-19,21-25,27,31,33,35-57H2,1-3H3,(H,63,66)/b20-17-,29-26-,30-28+,34-32+. The molecule has 3 N–H and O–H groups in total. The Hall–Kier alpha value is -2.18. The molecule has 0 fully saturated rings. The van der Waals surface area contributed by atoms with E-state index < -0.39 is 18.2 Å². The lowest BCUT2D eigenvalue weighted by Crippen LogP contribution is -2.46. The van der Waals surface area contributed by atoms with E-state index in [2.05, 4.69) is 74.7 Å². The first kappa shape index (κ1) is 65.8. The predicted molar refractivity (Wildman–Crippen MR) is 296 cm³/mol. The summed E-state index contributed by atoms with van der Waals surface area (Å²) < 4.78 is 5.96. The summed E-state index contributed by atoms with van der Waals surface area (Å²) in [6.45, 7) is 6.48. The Balaban J connectivity index is 4.59. The molecule has 0 rings (SSSR count). The third-order valence-electron chi connectivity index (χ3n) is 13.7. The lowest BCUT2D eigenvalue weighted by Gasteiger charge is -2.24. The van der Waals surface area contributed by atoms with Gasteiger partial charge in [-0.1, -0.05) is 262 Å². The minimum absolute atomic E-state index is 0.0673. The molecule has 0 radical (unpaired) electrons. The molecule has 0 saturated heterocycles. The molecule has 0 aromatic carbocycles. The Morgan fingerprint density at radius 3 is 1.24 bits per heavy atom. The third-order valence-corrected chi connectivity index (χ3v) is 13.7. The average molecular weight is 955 g/mol. The van der Waals surface area contributed by atoms with E-state index in [9.17, 15) is 19.8 Å². The number of amides is 1. The maximum atomic E-state index is 13.3. The fraction of sp³-hybridized carbons (Fsp3) is 0.839. The van der Waals surface area contributed by atoms with Crippen LogP contribution in [-0.4, -0.2) is 46.9 Å². The lowest BCUT2D eigenvalue weighted by molar-refractivity contribution is -0.151. The van der Waals surface area contributed by atoms with Gasteiger partial charge >= 0.3 is 5.97 Å². The number of rotatable bonds is 54. The topological polar surface area (TPSA) is 95.9 Å². The van der Waals surface area contributed by atoms with Crippen molar-refractivity contribution >= 4 is 11.9 Å². The number of nitrogens with one attached hydrogen (secondary N) is 1. The van der Waals surface area contributed by atoms with Gasteiger partial charge in [0.25, 0.3) is 0 Å². The third kappa shape index (κ3) is 50.2. The zero-order valence-electron chi connectivity index (χ0n) is 45.5. The molecule has 6 nitrogen and oxygen atoms in total. The number of carbonyl (C=O) groups is 2. The van der Waals surface area contributed by atoms with Crippen LogP contribution in [0.3, 0.4) is 0 Å². The monoisotopic (exact) mass is 954 g/mol. The zero-order chi connectivity index (χ0) is 49.5. The Bertz CT molecular complexity index is 1160. The SMILES string of the molecule is CCCCC/C=C\C/C=C\CCCCCCCCCC(CC(=O)NC(CO)C(O)CCCCCCCCCCCCCCCC)OC(=O)CCCCCCC/C=C/C=C/CCCCCCCCC. The van der Waals surface area contributed by atoms with Crippen molar-refractivity contribution < 1.29 is 24.5 Å². The van der Waals surface area contributed by atoms with E-state index in [1.807, 2.05) is 0 Å². The second kappa shape index (κ2) is 55.7. The predicted octanol–water partition coefficient (Wildman–Crippen LogP) is 18.6. The Kier molecular flexibility index (Phi) is 54.0. The van der Waals surface area contributed by atoms with Crippen LogP contribution in [0.4, 0.5) is 0 Å².